The first kappa shape index (κ1) is 24.0. The first-order valence-electron chi connectivity index (χ1n) is 12.2. The van der Waals surface area contributed by atoms with E-state index in [1.54, 1.807) is 18.6 Å². The number of nitrogens with two attached hydrogens (primary N) is 1. The standard InChI is InChI=1S/C25H30BN7O3/c26-33-9-6-19(7-10-33)36-18-3-1-17(2-4-18)20-16-29-24(27)23(30-20)25(34)31-21-15-28-8-5-22(21)32-11-13-35-14-12-32/h1-5,8,15-16,19H,6-7,9-14,26H2,(H2,27,29)(H,31,34). The van der Waals surface area contributed by atoms with Gasteiger partial charge in [-0.2, -0.15) is 0 Å². The van der Waals surface area contributed by atoms with E-state index in [1.807, 2.05) is 30.3 Å². The van der Waals surface area contributed by atoms with Crippen LogP contribution in [0.1, 0.15) is 23.3 Å². The maximum Gasteiger partial charge on any atom is 0.278 e. The fraction of sp³-hybridized carbons (Fsp3) is 0.360. The van der Waals surface area contributed by atoms with Crippen molar-refractivity contribution in [2.45, 2.75) is 18.9 Å². The quantitative estimate of drug-likeness (QED) is 0.500. The average molecular weight is 487 g/mol. The van der Waals surface area contributed by atoms with Crippen molar-refractivity contribution in [2.24, 2.45) is 0 Å². The largest absolute Gasteiger partial charge is 0.490 e. The molecule has 2 fully saturated rings. The van der Waals surface area contributed by atoms with Gasteiger partial charge in [-0.3, -0.25) is 9.78 Å². The fourth-order valence-corrected chi connectivity index (χ4v) is 4.45. The molecule has 2 aliphatic heterocycles. The highest BCUT2D eigenvalue weighted by Gasteiger charge is 2.20. The van der Waals surface area contributed by atoms with Crippen LogP contribution in [0.3, 0.4) is 0 Å². The van der Waals surface area contributed by atoms with Gasteiger partial charge >= 0.3 is 0 Å². The normalized spacial score (nSPS) is 17.1. The van der Waals surface area contributed by atoms with E-state index in [9.17, 15) is 4.79 Å². The summed E-state index contributed by atoms with van der Waals surface area (Å²) in [4.78, 5) is 30.6. The van der Waals surface area contributed by atoms with Gasteiger partial charge in [-0.15, -0.1) is 0 Å². The molecule has 0 unspecified atom stereocenters. The number of amides is 1. The lowest BCUT2D eigenvalue weighted by Crippen LogP contribution is -2.36. The molecule has 4 heterocycles. The van der Waals surface area contributed by atoms with Crippen LogP contribution < -0.4 is 20.7 Å². The number of morpholine rings is 1. The molecule has 11 heteroatoms. The Morgan fingerprint density at radius 1 is 1.08 bits per heavy atom. The molecule has 0 aliphatic carbocycles. The number of piperidine rings is 1. The van der Waals surface area contributed by atoms with E-state index in [0.29, 0.717) is 24.6 Å². The van der Waals surface area contributed by atoms with Gasteiger partial charge in [-0.1, -0.05) is 0 Å². The van der Waals surface area contributed by atoms with E-state index < -0.39 is 5.91 Å². The van der Waals surface area contributed by atoms with E-state index in [1.165, 1.54) is 0 Å². The van der Waals surface area contributed by atoms with Crippen molar-refractivity contribution in [1.29, 1.82) is 0 Å². The van der Waals surface area contributed by atoms with Crippen molar-refractivity contribution >= 4 is 31.1 Å². The number of hydrogen-bond acceptors (Lipinski definition) is 9. The molecule has 0 radical (unpaired) electrons. The van der Waals surface area contributed by atoms with Crippen LogP contribution in [0, 0.1) is 0 Å². The van der Waals surface area contributed by atoms with E-state index in [4.69, 9.17) is 15.2 Å². The van der Waals surface area contributed by atoms with Crippen molar-refractivity contribution in [3.63, 3.8) is 0 Å². The molecular weight excluding hydrogens is 457 g/mol. The molecule has 10 nitrogen and oxygen atoms in total. The zero-order chi connectivity index (χ0) is 24.9. The van der Waals surface area contributed by atoms with Gasteiger partial charge in [-0.05, 0) is 56.3 Å². The summed E-state index contributed by atoms with van der Waals surface area (Å²) < 4.78 is 11.6. The van der Waals surface area contributed by atoms with Crippen molar-refractivity contribution in [3.05, 3.63) is 54.6 Å². The predicted molar refractivity (Wildman–Crippen MR) is 141 cm³/mol. The van der Waals surface area contributed by atoms with Crippen LogP contribution in [0.25, 0.3) is 11.3 Å². The van der Waals surface area contributed by atoms with Gasteiger partial charge in [-0.25, -0.2) is 9.97 Å². The molecule has 2 saturated heterocycles. The van der Waals surface area contributed by atoms with E-state index in [2.05, 4.69) is 38.0 Å². The molecule has 0 saturated carbocycles. The van der Waals surface area contributed by atoms with Crippen LogP contribution in [0.2, 0.25) is 0 Å². The van der Waals surface area contributed by atoms with Gasteiger partial charge in [0.05, 0.1) is 42.7 Å². The van der Waals surface area contributed by atoms with Crippen LogP contribution in [0.4, 0.5) is 17.2 Å². The highest BCUT2D eigenvalue weighted by molar-refractivity contribution is 6.07. The summed E-state index contributed by atoms with van der Waals surface area (Å²) in [5.41, 5.74) is 8.95. The van der Waals surface area contributed by atoms with Crippen molar-refractivity contribution in [2.75, 3.05) is 55.3 Å². The molecule has 1 amide bonds. The topological polar surface area (TPSA) is 119 Å². The third-order valence-electron chi connectivity index (χ3n) is 6.53. The van der Waals surface area contributed by atoms with Crippen molar-refractivity contribution in [1.82, 2.24) is 19.8 Å². The number of carbonyl (C=O) groups excluding carboxylic acids is 1. The third-order valence-corrected chi connectivity index (χ3v) is 6.53. The summed E-state index contributed by atoms with van der Waals surface area (Å²) in [5, 5.41) is 2.91. The monoisotopic (exact) mass is 487 g/mol. The Labute approximate surface area is 211 Å². The van der Waals surface area contributed by atoms with Crippen LogP contribution in [0.15, 0.2) is 48.9 Å². The minimum atomic E-state index is -0.438. The third kappa shape index (κ3) is 5.58. The number of ether oxygens (including phenoxy) is 2. The Balaban J connectivity index is 1.30. The maximum atomic E-state index is 13.2. The number of nitrogen functional groups attached to an aromatic ring is 1. The molecule has 2 aliphatic rings. The molecule has 1 aromatic carbocycles. The van der Waals surface area contributed by atoms with Gasteiger partial charge in [0.2, 0.25) is 0 Å². The average Bonchev–Trinajstić information content (AvgIpc) is 2.91. The molecule has 2 aromatic heterocycles. The Bertz CT molecular complexity index is 1200. The zero-order valence-electron chi connectivity index (χ0n) is 20.4. The molecule has 186 valence electrons. The number of nitrogens with one attached hydrogen (secondary N) is 1. The van der Waals surface area contributed by atoms with Gasteiger partial charge in [0, 0.05) is 24.8 Å². The van der Waals surface area contributed by atoms with E-state index in [-0.39, 0.29) is 17.6 Å². The Morgan fingerprint density at radius 2 is 1.83 bits per heavy atom. The zero-order valence-corrected chi connectivity index (χ0v) is 20.4. The molecular formula is C25H30BN7O3. The number of hydrogen-bond donors (Lipinski definition) is 2. The van der Waals surface area contributed by atoms with Gasteiger partial charge in [0.1, 0.15) is 11.9 Å². The Morgan fingerprint density at radius 3 is 2.58 bits per heavy atom. The predicted octanol–water partition coefficient (Wildman–Crippen LogP) is 1.60. The fourth-order valence-electron chi connectivity index (χ4n) is 4.45. The minimum absolute atomic E-state index is 0.0651. The second-order valence-electron chi connectivity index (χ2n) is 9.08. The number of anilines is 3. The van der Waals surface area contributed by atoms with E-state index >= 15 is 0 Å². The summed E-state index contributed by atoms with van der Waals surface area (Å²) in [5.74, 6) is 0.448. The Hall–Kier alpha value is -3.70. The second kappa shape index (κ2) is 10.9. The highest BCUT2D eigenvalue weighted by atomic mass is 16.5. The molecule has 0 atom stereocenters. The summed E-state index contributed by atoms with van der Waals surface area (Å²) in [7, 11) is 2.13. The van der Waals surface area contributed by atoms with Crippen LogP contribution >= 0.6 is 0 Å². The number of benzene rings is 1. The molecule has 0 spiro atoms. The lowest BCUT2D eigenvalue weighted by molar-refractivity contribution is 0.102. The van der Waals surface area contributed by atoms with Crippen LogP contribution in [-0.4, -0.2) is 79.1 Å². The first-order chi connectivity index (χ1) is 17.6. The van der Waals surface area contributed by atoms with Gasteiger partial charge < -0.3 is 30.2 Å². The van der Waals surface area contributed by atoms with Gasteiger partial charge in [0.15, 0.2) is 19.5 Å². The minimum Gasteiger partial charge on any atom is -0.490 e. The van der Waals surface area contributed by atoms with Crippen LogP contribution in [0.5, 0.6) is 5.75 Å². The molecule has 3 aromatic rings. The number of carbonyl (C=O) groups is 1. The number of nitrogens with zero attached hydrogens (tertiary/aromatic N) is 5. The van der Waals surface area contributed by atoms with Crippen molar-refractivity contribution in [3.8, 4) is 17.0 Å². The lowest BCUT2D eigenvalue weighted by atomic mass is 10.0. The SMILES string of the molecule is BN1CCC(Oc2ccc(-c3cnc(N)c(C(=O)Nc4cnccc4N4CCOCC4)n3)cc2)CC1. The lowest BCUT2D eigenvalue weighted by Gasteiger charge is -2.30. The molecule has 36 heavy (non-hydrogen) atoms. The number of pyridine rings is 1. The number of aromatic nitrogens is 3. The second-order valence-corrected chi connectivity index (χ2v) is 9.08. The summed E-state index contributed by atoms with van der Waals surface area (Å²) in [6.07, 6.45) is 7.17. The summed E-state index contributed by atoms with van der Waals surface area (Å²) in [6, 6.07) is 9.57. The highest BCUT2D eigenvalue weighted by Crippen LogP contribution is 2.27. The molecule has 0 bridgehead atoms. The van der Waals surface area contributed by atoms with Crippen LogP contribution in [-0.2, 0) is 4.74 Å². The van der Waals surface area contributed by atoms with Crippen molar-refractivity contribution < 1.29 is 14.3 Å². The molecule has 3 N–H and O–H groups in total. The Kier molecular flexibility index (Phi) is 7.29. The first-order valence-corrected chi connectivity index (χ1v) is 12.2. The van der Waals surface area contributed by atoms with E-state index in [0.717, 1.165) is 56.0 Å². The summed E-state index contributed by atoms with van der Waals surface area (Å²) in [6.45, 7) is 4.84. The maximum absolute atomic E-state index is 13.2. The smallest absolute Gasteiger partial charge is 0.278 e. The van der Waals surface area contributed by atoms with Gasteiger partial charge in [0.25, 0.3) is 5.91 Å². The molecule has 5 rings (SSSR count). The number of rotatable bonds is 6. The summed E-state index contributed by atoms with van der Waals surface area (Å²) >= 11 is 0.